The summed E-state index contributed by atoms with van der Waals surface area (Å²) in [6, 6.07) is 57.1. The van der Waals surface area contributed by atoms with Crippen LogP contribution >= 0.6 is 0 Å². The first-order valence-corrected chi connectivity index (χ1v) is 36.5. The number of nitrogens with zero attached hydrogens (tertiary/aromatic N) is 2. The maximum atomic E-state index is 2.75. The van der Waals surface area contributed by atoms with E-state index in [-0.39, 0.29) is 10.8 Å². The van der Waals surface area contributed by atoms with Crippen molar-refractivity contribution in [2.45, 2.75) is 216 Å². The molecule has 11 rings (SSSR count). The molecule has 93 heavy (non-hydrogen) atoms. The van der Waals surface area contributed by atoms with Crippen LogP contribution in [0.2, 0.25) is 0 Å². The fourth-order valence-electron chi connectivity index (χ4n) is 15.3. The van der Waals surface area contributed by atoms with Crippen LogP contribution in [-0.2, 0) is 11.8 Å². The zero-order valence-corrected chi connectivity index (χ0v) is 58.6. The van der Waals surface area contributed by atoms with Gasteiger partial charge in [-0.1, -0.05) is 265 Å². The maximum absolute atomic E-state index is 2.75. The van der Waals surface area contributed by atoms with Crippen LogP contribution in [0, 0.1) is 11.3 Å². The number of hydrogen-bond acceptors (Lipinski definition) is 2. The Balaban J connectivity index is 0.902. The molecule has 0 bridgehead atoms. The van der Waals surface area contributed by atoms with Crippen molar-refractivity contribution in [3.05, 3.63) is 279 Å². The summed E-state index contributed by atoms with van der Waals surface area (Å²) in [5.41, 5.74) is 33.1. The summed E-state index contributed by atoms with van der Waals surface area (Å²) in [7, 11) is 0. The lowest BCUT2D eigenvalue weighted by molar-refractivity contribution is 0.411. The molecule has 0 saturated heterocycles. The van der Waals surface area contributed by atoms with Crippen molar-refractivity contribution < 1.29 is 0 Å². The van der Waals surface area contributed by atoms with Crippen molar-refractivity contribution in [2.24, 2.45) is 11.3 Å². The number of hydrogen-bond donors (Lipinski definition) is 0. The van der Waals surface area contributed by atoms with Gasteiger partial charge in [-0.2, -0.15) is 0 Å². The Morgan fingerprint density at radius 1 is 0.409 bits per heavy atom. The molecule has 1 atom stereocenters. The third-order valence-corrected chi connectivity index (χ3v) is 21.5. The van der Waals surface area contributed by atoms with Crippen molar-refractivity contribution in [3.8, 4) is 22.3 Å². The molecule has 5 aliphatic carbocycles. The van der Waals surface area contributed by atoms with Gasteiger partial charge in [-0.3, -0.25) is 0 Å². The van der Waals surface area contributed by atoms with Crippen LogP contribution in [0.5, 0.6) is 0 Å². The maximum Gasteiger partial charge on any atom is 0.0458 e. The SMILES string of the molecule is CCCCCCC1=C(C2=CC(CC)=C(C3=CC=C(N(c4ccc(-c5ccccc5)cc4)c4ccc(C(C)(C)C)cc4)CC3)CC2)CC(CCCCCC)C(c2ccc(C3=CC=C(N(C4=CC=C(C(C)(C)CC)CC4)c4ccc(-c5ccccc5)cc4)CC3)c(CC)c2)=C1. The lowest BCUT2D eigenvalue weighted by Gasteiger charge is -2.35. The van der Waals surface area contributed by atoms with E-state index in [1.54, 1.807) is 39.0 Å². The van der Waals surface area contributed by atoms with E-state index in [0.717, 1.165) is 77.0 Å². The molecule has 0 aliphatic heterocycles. The van der Waals surface area contributed by atoms with Gasteiger partial charge in [0, 0.05) is 34.2 Å². The molecule has 0 fully saturated rings. The van der Waals surface area contributed by atoms with Gasteiger partial charge < -0.3 is 9.80 Å². The fourth-order valence-corrected chi connectivity index (χ4v) is 15.3. The first kappa shape index (κ1) is 66.8. The minimum atomic E-state index is 0.0941. The molecule has 6 aromatic rings. The number of aryl methyl sites for hydroxylation is 1. The number of benzene rings is 6. The average Bonchev–Trinajstić information content (AvgIpc) is 0.849. The summed E-state index contributed by atoms with van der Waals surface area (Å²) in [5.74, 6) is 0.509. The highest BCUT2D eigenvalue weighted by Gasteiger charge is 2.31. The topological polar surface area (TPSA) is 6.48 Å². The van der Waals surface area contributed by atoms with Crippen LogP contribution in [0.25, 0.3) is 33.4 Å². The van der Waals surface area contributed by atoms with Crippen molar-refractivity contribution in [2.75, 3.05) is 9.80 Å². The molecule has 0 heterocycles. The smallest absolute Gasteiger partial charge is 0.0458 e. The molecule has 0 aromatic heterocycles. The largest absolute Gasteiger partial charge is 0.318 e. The Labute approximate surface area is 562 Å². The summed E-state index contributed by atoms with van der Waals surface area (Å²) in [4.78, 5) is 5.10. The monoisotopic (exact) mass is 1230 g/mol. The minimum absolute atomic E-state index is 0.0941. The zero-order chi connectivity index (χ0) is 64.9. The molecule has 0 amide bonds. The highest BCUT2D eigenvalue weighted by atomic mass is 15.2. The van der Waals surface area contributed by atoms with Gasteiger partial charge in [0.25, 0.3) is 0 Å². The molecule has 2 nitrogen and oxygen atoms in total. The molecule has 5 aliphatic rings. The predicted octanol–water partition coefficient (Wildman–Crippen LogP) is 27.0. The van der Waals surface area contributed by atoms with Gasteiger partial charge in [-0.05, 0) is 257 Å². The van der Waals surface area contributed by atoms with Crippen molar-refractivity contribution in [3.63, 3.8) is 0 Å². The number of unbranched alkanes of at least 4 members (excludes halogenated alkanes) is 6. The molecule has 6 aromatic carbocycles. The quantitative estimate of drug-likeness (QED) is 0.0500. The van der Waals surface area contributed by atoms with Gasteiger partial charge in [0.15, 0.2) is 0 Å². The Bertz CT molecular complexity index is 3870. The van der Waals surface area contributed by atoms with E-state index in [1.807, 2.05) is 0 Å². The Morgan fingerprint density at radius 3 is 1.47 bits per heavy atom. The summed E-state index contributed by atoms with van der Waals surface area (Å²) in [6.07, 6.45) is 45.8. The second-order valence-corrected chi connectivity index (χ2v) is 29.0. The Morgan fingerprint density at radius 2 is 0.935 bits per heavy atom. The summed E-state index contributed by atoms with van der Waals surface area (Å²) in [5, 5.41) is 0. The van der Waals surface area contributed by atoms with Crippen LogP contribution < -0.4 is 9.80 Å². The van der Waals surface area contributed by atoms with Crippen LogP contribution in [0.4, 0.5) is 17.1 Å². The Hall–Kier alpha value is -7.68. The normalized spacial score (nSPS) is 17.2. The van der Waals surface area contributed by atoms with Gasteiger partial charge in [0.1, 0.15) is 0 Å². The van der Waals surface area contributed by atoms with Crippen LogP contribution in [0.1, 0.15) is 226 Å². The summed E-state index contributed by atoms with van der Waals surface area (Å²) in [6.45, 7) is 23.6. The van der Waals surface area contributed by atoms with Crippen LogP contribution in [0.15, 0.2) is 256 Å². The lowest BCUT2D eigenvalue weighted by Crippen LogP contribution is -2.25. The molecular weight excluding hydrogens is 1120 g/mol. The highest BCUT2D eigenvalue weighted by Crippen LogP contribution is 2.48. The third-order valence-electron chi connectivity index (χ3n) is 21.5. The van der Waals surface area contributed by atoms with Gasteiger partial charge in [-0.15, -0.1) is 0 Å². The molecule has 0 spiro atoms. The standard InChI is InChI=1S/C91H108N2/c1-11-16-18-22-32-74-65-89(77-43-61-87(67(14-4)63-77)73-40-54-83(55-41-73)93(85-58-46-79(47-59-85)91(9,10)15-5)81-50-36-71(37-51-81)69-30-26-21-27-31-69)75(33-23-19-17-12-2)64-88(74)76-42-60-86(66(13-3)62-76)72-38-52-82(53-39-72)92(84-56-44-78(45-57-84)90(6,7)8)80-48-34-70(35-49-80)68-28-24-20-25-29-68/h20-21,24-31,34-38,40,43-46,48-52,54,56-58,61-63,65,75H,11-19,22-23,32-33,39,41-42,47,53,55,59-60,64H2,1-10H3. The third kappa shape index (κ3) is 15.9. The number of allylic oxidation sites excluding steroid dienone is 20. The second kappa shape index (κ2) is 31.0. The van der Waals surface area contributed by atoms with Gasteiger partial charge in [-0.25, -0.2) is 0 Å². The molecular formula is C91H108N2. The highest BCUT2D eigenvalue weighted by molar-refractivity contribution is 5.80. The molecule has 0 radical (unpaired) electrons. The van der Waals surface area contributed by atoms with E-state index in [0.29, 0.717) is 5.92 Å². The average molecular weight is 1230 g/mol. The van der Waals surface area contributed by atoms with Gasteiger partial charge >= 0.3 is 0 Å². The fraction of sp³-hybridized carbons (Fsp3) is 0.385. The van der Waals surface area contributed by atoms with Crippen LogP contribution in [-0.4, -0.2) is 0 Å². The summed E-state index contributed by atoms with van der Waals surface area (Å²) < 4.78 is 0. The lowest BCUT2D eigenvalue weighted by atomic mass is 9.72. The van der Waals surface area contributed by atoms with E-state index in [4.69, 9.17) is 0 Å². The first-order chi connectivity index (χ1) is 45.3. The van der Waals surface area contributed by atoms with Crippen molar-refractivity contribution in [1.82, 2.24) is 0 Å². The Kier molecular flexibility index (Phi) is 22.3. The van der Waals surface area contributed by atoms with E-state index in [1.165, 1.54) is 154 Å². The molecule has 482 valence electrons. The minimum Gasteiger partial charge on any atom is -0.318 e. The zero-order valence-electron chi connectivity index (χ0n) is 58.6. The van der Waals surface area contributed by atoms with Crippen molar-refractivity contribution >= 4 is 28.2 Å². The molecule has 0 N–H and O–H groups in total. The van der Waals surface area contributed by atoms with Gasteiger partial charge in [0.05, 0.1) is 0 Å². The molecule has 1 unspecified atom stereocenters. The van der Waals surface area contributed by atoms with Crippen LogP contribution in [0.3, 0.4) is 0 Å². The van der Waals surface area contributed by atoms with E-state index in [2.05, 4.69) is 279 Å². The molecule has 0 saturated carbocycles. The first-order valence-electron chi connectivity index (χ1n) is 36.5. The van der Waals surface area contributed by atoms with E-state index in [9.17, 15) is 0 Å². The molecule has 2 heteroatoms. The predicted molar refractivity (Wildman–Crippen MR) is 405 cm³/mol. The van der Waals surface area contributed by atoms with Crippen molar-refractivity contribution in [1.29, 1.82) is 0 Å². The van der Waals surface area contributed by atoms with E-state index < -0.39 is 0 Å². The van der Waals surface area contributed by atoms with Gasteiger partial charge in [0.2, 0.25) is 0 Å². The number of anilines is 3. The van der Waals surface area contributed by atoms with E-state index >= 15 is 0 Å². The second-order valence-electron chi connectivity index (χ2n) is 29.0. The summed E-state index contributed by atoms with van der Waals surface area (Å²) >= 11 is 0. The number of rotatable bonds is 26.